The molecule has 0 spiro atoms. The highest BCUT2D eigenvalue weighted by Gasteiger charge is 2.21. The van der Waals surface area contributed by atoms with Crippen LogP contribution in [0.3, 0.4) is 0 Å². The van der Waals surface area contributed by atoms with Crippen molar-refractivity contribution in [1.29, 1.82) is 0 Å². The van der Waals surface area contributed by atoms with Gasteiger partial charge in [-0.25, -0.2) is 4.98 Å². The largest absolute Gasteiger partial charge is 0.309 e. The molecule has 0 unspecified atom stereocenters. The quantitative estimate of drug-likeness (QED) is 0.885. The van der Waals surface area contributed by atoms with Gasteiger partial charge >= 0.3 is 0 Å². The summed E-state index contributed by atoms with van der Waals surface area (Å²) in [6.07, 6.45) is 3.58. The lowest BCUT2D eigenvalue weighted by Crippen LogP contribution is -2.32. The molecule has 2 rings (SSSR count). The average molecular weight is 233 g/mol. The van der Waals surface area contributed by atoms with Gasteiger partial charge in [0.05, 0.1) is 11.2 Å². The first kappa shape index (κ1) is 11.2. The predicted molar refractivity (Wildman–Crippen MR) is 67.4 cm³/mol. The maximum Gasteiger partial charge on any atom is 0.113 e. The molecule has 0 atom stereocenters. The molecule has 0 saturated carbocycles. The Morgan fingerprint density at radius 3 is 2.56 bits per heavy atom. The molecule has 0 bridgehead atoms. The third kappa shape index (κ3) is 2.13. The lowest BCUT2D eigenvalue weighted by Gasteiger charge is -2.20. The van der Waals surface area contributed by atoms with Crippen LogP contribution in [0.25, 0.3) is 11.3 Å². The van der Waals surface area contributed by atoms with Gasteiger partial charge in [0.25, 0.3) is 0 Å². The summed E-state index contributed by atoms with van der Waals surface area (Å²) in [5.74, 6) is 0. The van der Waals surface area contributed by atoms with Crippen LogP contribution in [-0.4, -0.2) is 17.0 Å². The number of rotatable bonds is 3. The van der Waals surface area contributed by atoms with Crippen molar-refractivity contribution in [1.82, 2.24) is 15.3 Å². The first-order valence-corrected chi connectivity index (χ1v) is 6.07. The number of hydrogen-bond donors (Lipinski definition) is 1. The van der Waals surface area contributed by atoms with Crippen molar-refractivity contribution < 1.29 is 0 Å². The number of nitrogens with one attached hydrogen (secondary N) is 1. The third-order valence-electron chi connectivity index (χ3n) is 2.64. The van der Waals surface area contributed by atoms with E-state index < -0.39 is 0 Å². The Hall–Kier alpha value is -1.26. The van der Waals surface area contributed by atoms with E-state index in [2.05, 4.69) is 34.5 Å². The smallest absolute Gasteiger partial charge is 0.113 e. The van der Waals surface area contributed by atoms with Gasteiger partial charge in [-0.05, 0) is 33.0 Å². The Morgan fingerprint density at radius 2 is 1.94 bits per heavy atom. The molecule has 2 aromatic rings. The van der Waals surface area contributed by atoms with E-state index in [4.69, 9.17) is 0 Å². The monoisotopic (exact) mass is 233 g/mol. The average Bonchev–Trinajstić information content (AvgIpc) is 2.80. The van der Waals surface area contributed by atoms with Gasteiger partial charge in [0.15, 0.2) is 0 Å². The second-order valence-corrected chi connectivity index (χ2v) is 5.01. The molecule has 3 nitrogen and oxygen atoms in total. The zero-order valence-corrected chi connectivity index (χ0v) is 10.5. The van der Waals surface area contributed by atoms with E-state index in [9.17, 15) is 0 Å². The Morgan fingerprint density at radius 1 is 1.25 bits per heavy atom. The summed E-state index contributed by atoms with van der Waals surface area (Å²) < 4.78 is 0. The summed E-state index contributed by atoms with van der Waals surface area (Å²) in [6.45, 7) is 4.25. The molecule has 0 saturated heterocycles. The minimum absolute atomic E-state index is 0.0735. The number of thiazole rings is 1. The highest BCUT2D eigenvalue weighted by Crippen LogP contribution is 2.27. The fourth-order valence-corrected chi connectivity index (χ4v) is 2.28. The Bertz CT molecular complexity index is 462. The van der Waals surface area contributed by atoms with Crippen LogP contribution in [0.15, 0.2) is 29.9 Å². The van der Waals surface area contributed by atoms with Crippen molar-refractivity contribution in [2.75, 3.05) is 7.05 Å². The fraction of sp³-hybridized carbons (Fsp3) is 0.333. The molecule has 0 aliphatic rings. The highest BCUT2D eigenvalue weighted by atomic mass is 32.1. The number of aromatic nitrogens is 2. The van der Waals surface area contributed by atoms with Crippen LogP contribution >= 0.6 is 11.3 Å². The van der Waals surface area contributed by atoms with Crippen LogP contribution in [0.4, 0.5) is 0 Å². The molecule has 84 valence electrons. The van der Waals surface area contributed by atoms with Crippen LogP contribution < -0.4 is 5.32 Å². The van der Waals surface area contributed by atoms with E-state index in [0.717, 1.165) is 16.3 Å². The van der Waals surface area contributed by atoms with Crippen molar-refractivity contribution >= 4 is 11.3 Å². The lowest BCUT2D eigenvalue weighted by atomic mass is 10.1. The minimum atomic E-state index is -0.0735. The molecule has 0 radical (unpaired) electrons. The molecule has 0 amide bonds. The molecule has 0 aliphatic heterocycles. The summed E-state index contributed by atoms with van der Waals surface area (Å²) in [5, 5.41) is 6.44. The van der Waals surface area contributed by atoms with Crippen molar-refractivity contribution in [2.45, 2.75) is 19.4 Å². The molecule has 0 fully saturated rings. The Kier molecular flexibility index (Phi) is 3.03. The molecule has 0 aromatic carbocycles. The first-order chi connectivity index (χ1) is 7.63. The zero-order chi connectivity index (χ0) is 11.6. The number of pyridine rings is 1. The Balaban J connectivity index is 2.34. The minimum Gasteiger partial charge on any atom is -0.309 e. The third-order valence-corrected chi connectivity index (χ3v) is 3.81. The van der Waals surface area contributed by atoms with Gasteiger partial charge in [-0.2, -0.15) is 0 Å². The SMILES string of the molecule is CNC(C)(C)c1nc(-c2ccncc2)cs1. The zero-order valence-electron chi connectivity index (χ0n) is 9.69. The van der Waals surface area contributed by atoms with Crippen LogP contribution in [0, 0.1) is 0 Å². The molecular weight excluding hydrogens is 218 g/mol. The standard InChI is InChI=1S/C12H15N3S/c1-12(2,13-3)11-15-10(8-16-11)9-4-6-14-7-5-9/h4-8,13H,1-3H3. The van der Waals surface area contributed by atoms with Crippen molar-refractivity contribution in [2.24, 2.45) is 0 Å². The van der Waals surface area contributed by atoms with Gasteiger partial charge in [0, 0.05) is 23.3 Å². The topological polar surface area (TPSA) is 37.8 Å². The van der Waals surface area contributed by atoms with E-state index in [0.29, 0.717) is 0 Å². The van der Waals surface area contributed by atoms with Gasteiger partial charge in [0.2, 0.25) is 0 Å². The second kappa shape index (κ2) is 4.31. The van der Waals surface area contributed by atoms with Gasteiger partial charge in [-0.15, -0.1) is 11.3 Å². The van der Waals surface area contributed by atoms with E-state index in [-0.39, 0.29) is 5.54 Å². The molecule has 2 heterocycles. The van der Waals surface area contributed by atoms with Gasteiger partial charge < -0.3 is 5.32 Å². The van der Waals surface area contributed by atoms with E-state index in [1.807, 2.05) is 19.2 Å². The highest BCUT2D eigenvalue weighted by molar-refractivity contribution is 7.10. The summed E-state index contributed by atoms with van der Waals surface area (Å²) in [6, 6.07) is 3.95. The van der Waals surface area contributed by atoms with Gasteiger partial charge in [0.1, 0.15) is 5.01 Å². The van der Waals surface area contributed by atoms with Gasteiger partial charge in [-0.1, -0.05) is 0 Å². The predicted octanol–water partition coefficient (Wildman–Crippen LogP) is 2.66. The molecular formula is C12H15N3S. The maximum atomic E-state index is 4.65. The summed E-state index contributed by atoms with van der Waals surface area (Å²) >= 11 is 1.68. The van der Waals surface area contributed by atoms with Crippen molar-refractivity contribution in [3.8, 4) is 11.3 Å². The van der Waals surface area contributed by atoms with Crippen molar-refractivity contribution in [3.63, 3.8) is 0 Å². The van der Waals surface area contributed by atoms with Crippen molar-refractivity contribution in [3.05, 3.63) is 34.9 Å². The van der Waals surface area contributed by atoms with Crippen LogP contribution in [0.1, 0.15) is 18.9 Å². The summed E-state index contributed by atoms with van der Waals surface area (Å²) in [5.41, 5.74) is 2.06. The fourth-order valence-electron chi connectivity index (χ4n) is 1.32. The Labute approximate surface area is 99.6 Å². The van der Waals surface area contributed by atoms with E-state index in [1.165, 1.54) is 0 Å². The molecule has 16 heavy (non-hydrogen) atoms. The molecule has 0 aliphatic carbocycles. The van der Waals surface area contributed by atoms with Crippen LogP contribution in [-0.2, 0) is 5.54 Å². The first-order valence-electron chi connectivity index (χ1n) is 5.19. The van der Waals surface area contributed by atoms with E-state index in [1.54, 1.807) is 23.7 Å². The number of nitrogens with zero attached hydrogens (tertiary/aromatic N) is 2. The summed E-state index contributed by atoms with van der Waals surface area (Å²) in [7, 11) is 1.95. The van der Waals surface area contributed by atoms with E-state index >= 15 is 0 Å². The van der Waals surface area contributed by atoms with Crippen LogP contribution in [0.5, 0.6) is 0 Å². The number of hydrogen-bond acceptors (Lipinski definition) is 4. The molecule has 2 aromatic heterocycles. The lowest BCUT2D eigenvalue weighted by molar-refractivity contribution is 0.442. The van der Waals surface area contributed by atoms with Gasteiger partial charge in [-0.3, -0.25) is 4.98 Å². The van der Waals surface area contributed by atoms with Crippen LogP contribution in [0.2, 0.25) is 0 Å². The normalized spacial score (nSPS) is 11.7. The molecule has 4 heteroatoms. The second-order valence-electron chi connectivity index (χ2n) is 4.15. The summed E-state index contributed by atoms with van der Waals surface area (Å²) in [4.78, 5) is 8.66. The maximum absolute atomic E-state index is 4.65. The molecule has 1 N–H and O–H groups in total.